The summed E-state index contributed by atoms with van der Waals surface area (Å²) in [6.07, 6.45) is 0.0809. The minimum Gasteiger partial charge on any atom is -0.443 e. The maximum atomic E-state index is 13.0. The van der Waals surface area contributed by atoms with Crippen molar-refractivity contribution in [3.05, 3.63) is 76.7 Å². The first kappa shape index (κ1) is 20.2. The van der Waals surface area contributed by atoms with E-state index in [1.54, 1.807) is 31.3 Å². The first-order valence-electron chi connectivity index (χ1n) is 9.58. The van der Waals surface area contributed by atoms with Gasteiger partial charge < -0.3 is 9.64 Å². The maximum absolute atomic E-state index is 13.0. The van der Waals surface area contributed by atoms with Crippen LogP contribution < -0.4 is 0 Å². The van der Waals surface area contributed by atoms with Crippen molar-refractivity contribution in [1.29, 1.82) is 0 Å². The third kappa shape index (κ3) is 3.59. The molecule has 0 N–H and O–H groups in total. The van der Waals surface area contributed by atoms with Crippen LogP contribution in [0, 0.1) is 6.92 Å². The minimum atomic E-state index is -3.71. The molecule has 1 heterocycles. The van der Waals surface area contributed by atoms with Gasteiger partial charge in [0, 0.05) is 20.0 Å². The van der Waals surface area contributed by atoms with Crippen LogP contribution in [0.3, 0.4) is 0 Å². The molecule has 2 aromatic carbocycles. The molecule has 0 unspecified atom stereocenters. The number of sulfone groups is 1. The van der Waals surface area contributed by atoms with Crippen molar-refractivity contribution >= 4 is 22.0 Å². The number of carbonyl (C=O) groups excluding carboxylic acids is 2. The van der Waals surface area contributed by atoms with Crippen molar-refractivity contribution in [2.24, 2.45) is 0 Å². The molecule has 0 radical (unpaired) electrons. The number of ether oxygens (including phenoxy) is 1. The molecule has 2 atom stereocenters. The van der Waals surface area contributed by atoms with Crippen LogP contribution in [0.25, 0.3) is 0 Å². The van der Waals surface area contributed by atoms with Gasteiger partial charge in [0.2, 0.25) is 9.84 Å². The summed E-state index contributed by atoms with van der Waals surface area (Å²) >= 11 is 0. The monoisotopic (exact) mass is 426 g/mol. The predicted molar refractivity (Wildman–Crippen MR) is 110 cm³/mol. The molecule has 30 heavy (non-hydrogen) atoms. The van der Waals surface area contributed by atoms with E-state index < -0.39 is 34.1 Å². The van der Waals surface area contributed by atoms with E-state index in [2.05, 4.69) is 0 Å². The average molecular weight is 426 g/mol. The fourth-order valence-corrected chi connectivity index (χ4v) is 5.23. The maximum Gasteiger partial charge on any atom is 0.419 e. The number of carbonyl (C=O) groups is 2. The van der Waals surface area contributed by atoms with Gasteiger partial charge in [0.05, 0.1) is 9.80 Å². The Morgan fingerprint density at radius 2 is 1.80 bits per heavy atom. The van der Waals surface area contributed by atoms with Crippen LogP contribution in [0.5, 0.6) is 0 Å². The lowest BCUT2D eigenvalue weighted by molar-refractivity contribution is 0.130. The van der Waals surface area contributed by atoms with E-state index in [-0.39, 0.29) is 16.2 Å². The van der Waals surface area contributed by atoms with Gasteiger partial charge in [0.1, 0.15) is 12.1 Å². The fraction of sp³-hybridized carbons (Fsp3) is 0.273. The Balaban J connectivity index is 1.56. The van der Waals surface area contributed by atoms with Gasteiger partial charge in [0.25, 0.3) is 0 Å². The number of hydrogen-bond donors (Lipinski definition) is 0. The smallest absolute Gasteiger partial charge is 0.419 e. The zero-order valence-corrected chi connectivity index (χ0v) is 17.5. The molecule has 0 spiro atoms. The van der Waals surface area contributed by atoms with Crippen LogP contribution in [0.1, 0.15) is 17.5 Å². The Kier molecular flexibility index (Phi) is 5.11. The third-order valence-electron chi connectivity index (χ3n) is 5.36. The number of amides is 3. The molecule has 156 valence electrons. The lowest BCUT2D eigenvalue weighted by Gasteiger charge is -2.24. The van der Waals surface area contributed by atoms with Gasteiger partial charge in [-0.05, 0) is 30.7 Å². The van der Waals surface area contributed by atoms with Crippen LogP contribution in [0.15, 0.2) is 70.5 Å². The van der Waals surface area contributed by atoms with Crippen molar-refractivity contribution in [2.45, 2.75) is 36.9 Å². The number of fused-ring (bicyclic) bond motifs is 1. The standard InChI is InChI=1S/C22H22N2O5S/c1-15-8-10-17(11-9-15)30(27,28)18-12-19-20(13-18)29-22(26)24(19)21(25)23(2)14-16-6-4-3-5-7-16/h3-12,19-20H,13-14H2,1-2H3/t19-,20+/m0/s1. The first-order chi connectivity index (χ1) is 14.3. The van der Waals surface area contributed by atoms with Gasteiger partial charge >= 0.3 is 12.1 Å². The summed E-state index contributed by atoms with van der Waals surface area (Å²) in [5, 5.41) is 0. The molecule has 7 nitrogen and oxygen atoms in total. The summed E-state index contributed by atoms with van der Waals surface area (Å²) in [6, 6.07) is 14.7. The van der Waals surface area contributed by atoms with Gasteiger partial charge in [0.15, 0.2) is 0 Å². The van der Waals surface area contributed by atoms with Crippen LogP contribution >= 0.6 is 0 Å². The number of imide groups is 1. The molecule has 1 aliphatic carbocycles. The summed E-state index contributed by atoms with van der Waals surface area (Å²) in [7, 11) is -2.12. The lowest BCUT2D eigenvalue weighted by atomic mass is 10.2. The van der Waals surface area contributed by atoms with Crippen molar-refractivity contribution in [3.63, 3.8) is 0 Å². The first-order valence-corrected chi connectivity index (χ1v) is 11.1. The van der Waals surface area contributed by atoms with Gasteiger partial charge in [-0.2, -0.15) is 0 Å². The second-order valence-corrected chi connectivity index (χ2v) is 9.56. The SMILES string of the molecule is Cc1ccc(S(=O)(=O)C2=C[C@H]3[C@@H](C2)OC(=O)N3C(=O)N(C)Cc2ccccc2)cc1. The molecule has 0 bridgehead atoms. The summed E-state index contributed by atoms with van der Waals surface area (Å²) in [5.41, 5.74) is 1.88. The van der Waals surface area contributed by atoms with E-state index in [0.717, 1.165) is 16.0 Å². The van der Waals surface area contributed by atoms with E-state index in [9.17, 15) is 18.0 Å². The molecule has 0 aromatic heterocycles. The Hall–Kier alpha value is -3.13. The van der Waals surface area contributed by atoms with Gasteiger partial charge in [-0.25, -0.2) is 22.9 Å². The topological polar surface area (TPSA) is 84.0 Å². The molecule has 8 heteroatoms. The van der Waals surface area contributed by atoms with E-state index in [0.29, 0.717) is 6.54 Å². The number of nitrogens with zero attached hydrogens (tertiary/aromatic N) is 2. The molecular formula is C22H22N2O5S. The summed E-state index contributed by atoms with van der Waals surface area (Å²) in [6.45, 7) is 2.20. The van der Waals surface area contributed by atoms with Crippen molar-refractivity contribution < 1.29 is 22.7 Å². The Morgan fingerprint density at radius 3 is 2.47 bits per heavy atom. The van der Waals surface area contributed by atoms with E-state index >= 15 is 0 Å². The molecule has 4 rings (SSSR count). The van der Waals surface area contributed by atoms with Crippen LogP contribution in [0.4, 0.5) is 9.59 Å². The Bertz CT molecular complexity index is 1110. The average Bonchev–Trinajstić information content (AvgIpc) is 3.25. The number of rotatable bonds is 4. The predicted octanol–water partition coefficient (Wildman–Crippen LogP) is 3.50. The molecule has 1 aliphatic heterocycles. The highest BCUT2D eigenvalue weighted by atomic mass is 32.2. The van der Waals surface area contributed by atoms with Crippen LogP contribution in [-0.4, -0.2) is 49.5 Å². The molecule has 2 aromatic rings. The highest BCUT2D eigenvalue weighted by Gasteiger charge is 2.50. The van der Waals surface area contributed by atoms with E-state index in [1.165, 1.54) is 11.0 Å². The molecule has 1 fully saturated rings. The van der Waals surface area contributed by atoms with Gasteiger partial charge in [-0.3, -0.25) is 0 Å². The number of hydrogen-bond acceptors (Lipinski definition) is 5. The van der Waals surface area contributed by atoms with Crippen molar-refractivity contribution in [2.75, 3.05) is 7.05 Å². The molecular weight excluding hydrogens is 404 g/mol. The van der Waals surface area contributed by atoms with E-state index in [4.69, 9.17) is 4.74 Å². The number of urea groups is 1. The van der Waals surface area contributed by atoms with E-state index in [1.807, 2.05) is 37.3 Å². The van der Waals surface area contributed by atoms with Crippen molar-refractivity contribution in [1.82, 2.24) is 9.80 Å². The quantitative estimate of drug-likeness (QED) is 0.747. The summed E-state index contributed by atoms with van der Waals surface area (Å²) in [4.78, 5) is 28.0. The highest BCUT2D eigenvalue weighted by molar-refractivity contribution is 7.95. The van der Waals surface area contributed by atoms with Crippen LogP contribution in [0.2, 0.25) is 0 Å². The Labute approximate surface area is 175 Å². The van der Waals surface area contributed by atoms with Gasteiger partial charge in [-0.15, -0.1) is 0 Å². The second kappa shape index (κ2) is 7.60. The van der Waals surface area contributed by atoms with Crippen molar-refractivity contribution in [3.8, 4) is 0 Å². The number of aryl methyl sites for hydroxylation is 1. The third-order valence-corrected chi connectivity index (χ3v) is 7.24. The lowest BCUT2D eigenvalue weighted by Crippen LogP contribution is -2.45. The Morgan fingerprint density at radius 1 is 1.13 bits per heavy atom. The highest BCUT2D eigenvalue weighted by Crippen LogP contribution is 2.37. The van der Waals surface area contributed by atoms with Crippen LogP contribution in [-0.2, 0) is 21.1 Å². The molecule has 0 saturated carbocycles. The second-order valence-electron chi connectivity index (χ2n) is 7.56. The minimum absolute atomic E-state index is 0.0544. The molecule has 3 amide bonds. The normalized spacial score (nSPS) is 20.5. The molecule has 1 saturated heterocycles. The zero-order valence-electron chi connectivity index (χ0n) is 16.7. The summed E-state index contributed by atoms with van der Waals surface area (Å²) < 4.78 is 31.3. The largest absolute Gasteiger partial charge is 0.443 e. The zero-order chi connectivity index (χ0) is 21.5. The van der Waals surface area contributed by atoms with Gasteiger partial charge in [-0.1, -0.05) is 48.0 Å². The number of benzene rings is 2. The fourth-order valence-electron chi connectivity index (χ4n) is 3.73. The molecule has 2 aliphatic rings. The summed E-state index contributed by atoms with van der Waals surface area (Å²) in [5.74, 6) is 0.